The van der Waals surface area contributed by atoms with Crippen LogP contribution in [0.1, 0.15) is 19.4 Å². The lowest BCUT2D eigenvalue weighted by atomic mass is 10.1. The second kappa shape index (κ2) is 7.98. The molecule has 0 bridgehead atoms. The van der Waals surface area contributed by atoms with Gasteiger partial charge in [-0.2, -0.15) is 0 Å². The molecule has 0 aliphatic carbocycles. The Morgan fingerprint density at radius 3 is 2.31 bits per heavy atom. The second-order valence-corrected chi connectivity index (χ2v) is 7.13. The number of carbonyl (C=O) groups is 2. The van der Waals surface area contributed by atoms with Crippen molar-refractivity contribution in [3.8, 4) is 0 Å². The molecule has 0 spiro atoms. The number of thioether (sulfide) groups is 1. The lowest BCUT2D eigenvalue weighted by Gasteiger charge is -2.20. The average Bonchev–Trinajstić information content (AvgIpc) is 2.91. The first-order valence-corrected chi connectivity index (χ1v) is 9.62. The fourth-order valence-electron chi connectivity index (χ4n) is 2.83. The summed E-state index contributed by atoms with van der Waals surface area (Å²) in [6, 6.07) is 14.8. The predicted molar refractivity (Wildman–Crippen MR) is 110 cm³/mol. The number of amides is 2. The van der Waals surface area contributed by atoms with Crippen LogP contribution >= 0.6 is 23.4 Å². The summed E-state index contributed by atoms with van der Waals surface area (Å²) in [6.45, 7) is 6.10. The van der Waals surface area contributed by atoms with E-state index in [2.05, 4.69) is 18.7 Å². The van der Waals surface area contributed by atoms with Crippen molar-refractivity contribution in [2.75, 3.05) is 22.9 Å². The van der Waals surface area contributed by atoms with Crippen LogP contribution in [0.15, 0.2) is 53.4 Å². The average molecular weight is 387 g/mol. The number of imide groups is 1. The Labute approximate surface area is 162 Å². The molecule has 0 aromatic heterocycles. The van der Waals surface area contributed by atoms with Gasteiger partial charge in [0, 0.05) is 18.8 Å². The van der Waals surface area contributed by atoms with Gasteiger partial charge in [0.25, 0.3) is 11.1 Å². The Morgan fingerprint density at radius 1 is 1.04 bits per heavy atom. The third-order valence-corrected chi connectivity index (χ3v) is 5.40. The molecule has 1 fully saturated rings. The van der Waals surface area contributed by atoms with E-state index in [-0.39, 0.29) is 11.1 Å². The summed E-state index contributed by atoms with van der Waals surface area (Å²) in [5, 5.41) is 0.0359. The standard InChI is InChI=1S/C20H19ClN2O2S/c1-3-22(4-2)15-11-9-14(10-12-15)13-18-19(24)23(20(25)26-18)17-8-6-5-7-16(17)21/h5-13H,3-4H2,1-2H3/b18-13-. The number of halogens is 1. The normalized spacial score (nSPS) is 15.8. The third-order valence-electron chi connectivity index (χ3n) is 4.21. The van der Waals surface area contributed by atoms with E-state index in [0.29, 0.717) is 15.6 Å². The number of carbonyl (C=O) groups excluding carboxylic acids is 2. The van der Waals surface area contributed by atoms with E-state index in [1.807, 2.05) is 24.3 Å². The van der Waals surface area contributed by atoms with Gasteiger partial charge in [-0.25, -0.2) is 4.90 Å². The largest absolute Gasteiger partial charge is 0.372 e. The van der Waals surface area contributed by atoms with Gasteiger partial charge in [0.15, 0.2) is 0 Å². The first kappa shape index (κ1) is 18.5. The van der Waals surface area contributed by atoms with Crippen molar-refractivity contribution < 1.29 is 9.59 Å². The smallest absolute Gasteiger partial charge is 0.298 e. The fourth-order valence-corrected chi connectivity index (χ4v) is 3.88. The molecule has 0 unspecified atom stereocenters. The maximum atomic E-state index is 12.7. The van der Waals surface area contributed by atoms with Gasteiger partial charge in [-0.05, 0) is 61.5 Å². The number of anilines is 2. The molecule has 0 saturated carbocycles. The molecule has 3 rings (SSSR count). The lowest BCUT2D eigenvalue weighted by Crippen LogP contribution is -2.27. The monoisotopic (exact) mass is 386 g/mol. The van der Waals surface area contributed by atoms with Crippen molar-refractivity contribution in [3.05, 3.63) is 64.0 Å². The maximum Gasteiger partial charge on any atom is 0.298 e. The minimum Gasteiger partial charge on any atom is -0.372 e. The van der Waals surface area contributed by atoms with E-state index in [1.165, 1.54) is 0 Å². The van der Waals surface area contributed by atoms with Gasteiger partial charge in [0.05, 0.1) is 15.6 Å². The minimum atomic E-state index is -0.346. The molecule has 2 aromatic carbocycles. The molecule has 6 heteroatoms. The number of hydrogen-bond donors (Lipinski definition) is 0. The van der Waals surface area contributed by atoms with Crippen molar-refractivity contribution >= 4 is 52.0 Å². The van der Waals surface area contributed by atoms with Gasteiger partial charge in [0.2, 0.25) is 0 Å². The molecule has 4 nitrogen and oxygen atoms in total. The van der Waals surface area contributed by atoms with Crippen LogP contribution < -0.4 is 9.80 Å². The van der Waals surface area contributed by atoms with Gasteiger partial charge < -0.3 is 4.90 Å². The molecule has 2 amide bonds. The maximum absolute atomic E-state index is 12.7. The third kappa shape index (κ3) is 3.64. The Bertz CT molecular complexity index is 860. The van der Waals surface area contributed by atoms with Gasteiger partial charge >= 0.3 is 0 Å². The zero-order chi connectivity index (χ0) is 18.7. The number of rotatable bonds is 5. The van der Waals surface area contributed by atoms with Crippen molar-refractivity contribution in [1.29, 1.82) is 0 Å². The minimum absolute atomic E-state index is 0.339. The van der Waals surface area contributed by atoms with Crippen LogP contribution in [0.5, 0.6) is 0 Å². The lowest BCUT2D eigenvalue weighted by molar-refractivity contribution is -0.113. The zero-order valence-corrected chi connectivity index (χ0v) is 16.2. The topological polar surface area (TPSA) is 40.6 Å². The van der Waals surface area contributed by atoms with E-state index in [4.69, 9.17) is 11.6 Å². The number of nitrogens with zero attached hydrogens (tertiary/aromatic N) is 2. The molecular formula is C20H19ClN2O2S. The highest BCUT2D eigenvalue weighted by molar-refractivity contribution is 8.19. The van der Waals surface area contributed by atoms with Gasteiger partial charge in [-0.1, -0.05) is 35.9 Å². The fraction of sp³-hybridized carbons (Fsp3) is 0.200. The second-order valence-electron chi connectivity index (χ2n) is 5.73. The first-order valence-electron chi connectivity index (χ1n) is 8.42. The number of para-hydroxylation sites is 1. The summed E-state index contributed by atoms with van der Waals surface area (Å²) >= 11 is 7.07. The molecular weight excluding hydrogens is 368 g/mol. The highest BCUT2D eigenvalue weighted by Gasteiger charge is 2.37. The molecule has 1 heterocycles. The molecule has 0 radical (unpaired) electrons. The van der Waals surface area contributed by atoms with E-state index in [9.17, 15) is 9.59 Å². The van der Waals surface area contributed by atoms with Crippen molar-refractivity contribution in [1.82, 2.24) is 0 Å². The SMILES string of the molecule is CCN(CC)c1ccc(/C=C2\SC(=O)N(c3ccccc3Cl)C2=O)cc1. The zero-order valence-electron chi connectivity index (χ0n) is 14.6. The van der Waals surface area contributed by atoms with Crippen LogP contribution in [0.25, 0.3) is 6.08 Å². The molecule has 0 N–H and O–H groups in total. The van der Waals surface area contributed by atoms with Gasteiger partial charge in [0.1, 0.15) is 0 Å². The van der Waals surface area contributed by atoms with Crippen LogP contribution in [0.3, 0.4) is 0 Å². The van der Waals surface area contributed by atoms with Crippen LogP contribution in [-0.2, 0) is 4.79 Å². The summed E-state index contributed by atoms with van der Waals surface area (Å²) in [4.78, 5) is 28.8. The Hall–Kier alpha value is -2.24. The molecule has 134 valence electrons. The summed E-state index contributed by atoms with van der Waals surface area (Å²) in [5.41, 5.74) is 2.43. The molecule has 1 aliphatic heterocycles. The van der Waals surface area contributed by atoms with Crippen molar-refractivity contribution in [2.24, 2.45) is 0 Å². The molecule has 1 saturated heterocycles. The Balaban J connectivity index is 1.85. The Kier molecular flexibility index (Phi) is 5.69. The summed E-state index contributed by atoms with van der Waals surface area (Å²) in [6.07, 6.45) is 1.74. The van der Waals surface area contributed by atoms with Crippen LogP contribution in [0.4, 0.5) is 16.2 Å². The van der Waals surface area contributed by atoms with E-state index >= 15 is 0 Å². The molecule has 1 aliphatic rings. The van der Waals surface area contributed by atoms with E-state index in [0.717, 1.165) is 41.0 Å². The van der Waals surface area contributed by atoms with Crippen LogP contribution in [0, 0.1) is 0 Å². The Morgan fingerprint density at radius 2 is 1.69 bits per heavy atom. The molecule has 0 atom stereocenters. The predicted octanol–water partition coefficient (Wildman–Crippen LogP) is 5.43. The first-order chi connectivity index (χ1) is 12.5. The van der Waals surface area contributed by atoms with Gasteiger partial charge in [-0.15, -0.1) is 0 Å². The number of benzene rings is 2. The molecule has 26 heavy (non-hydrogen) atoms. The highest BCUT2D eigenvalue weighted by atomic mass is 35.5. The summed E-state index contributed by atoms with van der Waals surface area (Å²) in [7, 11) is 0. The van der Waals surface area contributed by atoms with E-state index < -0.39 is 0 Å². The summed E-state index contributed by atoms with van der Waals surface area (Å²) in [5.74, 6) is -0.346. The van der Waals surface area contributed by atoms with Crippen LogP contribution in [-0.4, -0.2) is 24.2 Å². The van der Waals surface area contributed by atoms with E-state index in [1.54, 1.807) is 30.3 Å². The van der Waals surface area contributed by atoms with Crippen molar-refractivity contribution in [2.45, 2.75) is 13.8 Å². The van der Waals surface area contributed by atoms with Crippen molar-refractivity contribution in [3.63, 3.8) is 0 Å². The van der Waals surface area contributed by atoms with Gasteiger partial charge in [-0.3, -0.25) is 9.59 Å². The molecule has 2 aromatic rings. The van der Waals surface area contributed by atoms with Crippen LogP contribution in [0.2, 0.25) is 5.02 Å². The summed E-state index contributed by atoms with van der Waals surface area (Å²) < 4.78 is 0. The number of hydrogen-bond acceptors (Lipinski definition) is 4. The quantitative estimate of drug-likeness (QED) is 0.642. The highest BCUT2D eigenvalue weighted by Crippen LogP contribution is 2.38.